The molecule has 2 rings (SSSR count). The molecule has 0 amide bonds. The van der Waals surface area contributed by atoms with Gasteiger partial charge in [-0.15, -0.1) is 0 Å². The maximum atomic E-state index is 12.7. The lowest BCUT2D eigenvalue weighted by molar-refractivity contribution is -0.173. The van der Waals surface area contributed by atoms with Gasteiger partial charge in [0.25, 0.3) is 0 Å². The Morgan fingerprint density at radius 3 is 2.16 bits per heavy atom. The summed E-state index contributed by atoms with van der Waals surface area (Å²) < 4.78 is 15.7. The average Bonchev–Trinajstić information content (AvgIpc) is 3.07. The van der Waals surface area contributed by atoms with Gasteiger partial charge in [0.05, 0.1) is 20.3 Å². The SMILES string of the molecule is C=C(c1ccc(OC)cc1)C1CCCC1(C(=O)OCC)C(=O)OCC. The maximum Gasteiger partial charge on any atom is 0.324 e. The number of allylic oxidation sites excluding steroid dienone is 1. The first-order valence-corrected chi connectivity index (χ1v) is 8.68. The number of benzene rings is 1. The van der Waals surface area contributed by atoms with Crippen LogP contribution in [0.25, 0.3) is 5.57 Å². The molecule has 5 nitrogen and oxygen atoms in total. The van der Waals surface area contributed by atoms with Crippen LogP contribution in [0.5, 0.6) is 5.75 Å². The lowest BCUT2D eigenvalue weighted by atomic mass is 9.72. The predicted octanol–water partition coefficient (Wildman–Crippen LogP) is 3.62. The van der Waals surface area contributed by atoms with Gasteiger partial charge in [-0.2, -0.15) is 0 Å². The van der Waals surface area contributed by atoms with Crippen molar-refractivity contribution >= 4 is 17.5 Å². The van der Waals surface area contributed by atoms with Crippen molar-refractivity contribution in [3.63, 3.8) is 0 Å². The number of methoxy groups -OCH3 is 1. The molecule has 1 aliphatic carbocycles. The second kappa shape index (κ2) is 8.19. The number of ether oxygens (including phenoxy) is 3. The highest BCUT2D eigenvalue weighted by Gasteiger charge is 2.58. The van der Waals surface area contributed by atoms with Gasteiger partial charge in [-0.3, -0.25) is 9.59 Å². The minimum atomic E-state index is -1.30. The minimum Gasteiger partial charge on any atom is -0.497 e. The molecule has 1 aromatic rings. The van der Waals surface area contributed by atoms with Crippen LogP contribution >= 0.6 is 0 Å². The summed E-state index contributed by atoms with van der Waals surface area (Å²) in [7, 11) is 1.60. The monoisotopic (exact) mass is 346 g/mol. The van der Waals surface area contributed by atoms with Gasteiger partial charge in [0, 0.05) is 5.92 Å². The summed E-state index contributed by atoms with van der Waals surface area (Å²) in [4.78, 5) is 25.5. The fourth-order valence-corrected chi connectivity index (χ4v) is 3.58. The number of rotatable bonds is 7. The Morgan fingerprint density at radius 2 is 1.68 bits per heavy atom. The van der Waals surface area contributed by atoms with E-state index in [1.54, 1.807) is 21.0 Å². The van der Waals surface area contributed by atoms with Crippen molar-refractivity contribution in [2.24, 2.45) is 11.3 Å². The normalized spacial score (nSPS) is 18.4. The highest BCUT2D eigenvalue weighted by atomic mass is 16.6. The Labute approximate surface area is 149 Å². The molecule has 1 aromatic carbocycles. The highest BCUT2D eigenvalue weighted by Crippen LogP contribution is 2.51. The first-order chi connectivity index (χ1) is 12.0. The summed E-state index contributed by atoms with van der Waals surface area (Å²) >= 11 is 0. The predicted molar refractivity (Wildman–Crippen MR) is 95.1 cm³/mol. The van der Waals surface area contributed by atoms with Crippen LogP contribution in [0.1, 0.15) is 38.7 Å². The Hall–Kier alpha value is -2.30. The van der Waals surface area contributed by atoms with Crippen LogP contribution < -0.4 is 4.74 Å². The summed E-state index contributed by atoms with van der Waals surface area (Å²) in [6, 6.07) is 7.46. The van der Waals surface area contributed by atoms with Crippen LogP contribution in [0.3, 0.4) is 0 Å². The largest absolute Gasteiger partial charge is 0.497 e. The van der Waals surface area contributed by atoms with Crippen molar-refractivity contribution < 1.29 is 23.8 Å². The number of hydrogen-bond acceptors (Lipinski definition) is 5. The molecular weight excluding hydrogens is 320 g/mol. The van der Waals surface area contributed by atoms with Crippen molar-refractivity contribution in [1.82, 2.24) is 0 Å². The van der Waals surface area contributed by atoms with Crippen molar-refractivity contribution in [3.8, 4) is 5.75 Å². The minimum absolute atomic E-state index is 0.224. The second-order valence-electron chi connectivity index (χ2n) is 6.11. The summed E-state index contributed by atoms with van der Waals surface area (Å²) in [6.45, 7) is 8.10. The molecule has 1 unspecified atom stereocenters. The molecule has 0 saturated heterocycles. The van der Waals surface area contributed by atoms with E-state index in [4.69, 9.17) is 14.2 Å². The van der Waals surface area contributed by atoms with Gasteiger partial charge in [0.2, 0.25) is 0 Å². The van der Waals surface area contributed by atoms with Gasteiger partial charge in [-0.25, -0.2) is 0 Å². The number of esters is 2. The molecule has 1 atom stereocenters. The van der Waals surface area contributed by atoms with Crippen LogP contribution in [0.15, 0.2) is 30.8 Å². The Morgan fingerprint density at radius 1 is 1.12 bits per heavy atom. The zero-order chi connectivity index (χ0) is 18.4. The number of carbonyl (C=O) groups excluding carboxylic acids is 2. The Balaban J connectivity index is 2.39. The van der Waals surface area contributed by atoms with Crippen molar-refractivity contribution in [2.45, 2.75) is 33.1 Å². The summed E-state index contributed by atoms with van der Waals surface area (Å²) in [6.07, 6.45) is 1.87. The van der Waals surface area contributed by atoms with Crippen molar-refractivity contribution in [1.29, 1.82) is 0 Å². The van der Waals surface area contributed by atoms with E-state index in [1.165, 1.54) is 0 Å². The van der Waals surface area contributed by atoms with E-state index in [2.05, 4.69) is 6.58 Å². The van der Waals surface area contributed by atoms with E-state index >= 15 is 0 Å². The molecule has 5 heteroatoms. The maximum absolute atomic E-state index is 12.7. The zero-order valence-corrected chi connectivity index (χ0v) is 15.2. The van der Waals surface area contributed by atoms with Gasteiger partial charge in [-0.05, 0) is 50.0 Å². The van der Waals surface area contributed by atoms with E-state index in [0.29, 0.717) is 12.8 Å². The van der Waals surface area contributed by atoms with Gasteiger partial charge in [-0.1, -0.05) is 25.1 Å². The third-order valence-corrected chi connectivity index (χ3v) is 4.82. The van der Waals surface area contributed by atoms with E-state index < -0.39 is 17.4 Å². The molecule has 0 radical (unpaired) electrons. The fraction of sp³-hybridized carbons (Fsp3) is 0.500. The Bertz CT molecular complexity index is 614. The molecule has 0 aliphatic heterocycles. The van der Waals surface area contributed by atoms with Gasteiger partial charge in [0.1, 0.15) is 5.75 Å². The van der Waals surface area contributed by atoms with E-state index in [-0.39, 0.29) is 19.1 Å². The van der Waals surface area contributed by atoms with Gasteiger partial charge < -0.3 is 14.2 Å². The van der Waals surface area contributed by atoms with E-state index in [1.807, 2.05) is 24.3 Å². The third-order valence-electron chi connectivity index (χ3n) is 4.82. The molecule has 1 fully saturated rings. The zero-order valence-electron chi connectivity index (χ0n) is 15.2. The summed E-state index contributed by atoms with van der Waals surface area (Å²) in [5, 5.41) is 0. The molecular formula is C20H26O5. The van der Waals surface area contributed by atoms with Crippen molar-refractivity contribution in [2.75, 3.05) is 20.3 Å². The fourth-order valence-electron chi connectivity index (χ4n) is 3.58. The molecule has 0 aromatic heterocycles. The number of hydrogen-bond donors (Lipinski definition) is 0. The molecule has 0 heterocycles. The molecule has 1 saturated carbocycles. The topological polar surface area (TPSA) is 61.8 Å². The number of carbonyl (C=O) groups is 2. The highest BCUT2D eigenvalue weighted by molar-refractivity contribution is 6.03. The van der Waals surface area contributed by atoms with Crippen LogP contribution in [0.2, 0.25) is 0 Å². The van der Waals surface area contributed by atoms with Crippen LogP contribution in [0, 0.1) is 11.3 Å². The first kappa shape index (κ1) is 19.0. The van der Waals surface area contributed by atoms with Crippen molar-refractivity contribution in [3.05, 3.63) is 36.4 Å². The molecule has 1 aliphatic rings. The van der Waals surface area contributed by atoms with Crippen LogP contribution in [-0.2, 0) is 19.1 Å². The summed E-state index contributed by atoms with van der Waals surface area (Å²) in [5.74, 6) is -0.611. The van der Waals surface area contributed by atoms with E-state index in [0.717, 1.165) is 23.3 Å². The Kier molecular flexibility index (Phi) is 6.23. The third kappa shape index (κ3) is 3.55. The molecule has 136 valence electrons. The van der Waals surface area contributed by atoms with Crippen LogP contribution in [0.4, 0.5) is 0 Å². The van der Waals surface area contributed by atoms with Gasteiger partial charge in [0.15, 0.2) is 5.41 Å². The second-order valence-corrected chi connectivity index (χ2v) is 6.11. The first-order valence-electron chi connectivity index (χ1n) is 8.68. The smallest absolute Gasteiger partial charge is 0.324 e. The quantitative estimate of drug-likeness (QED) is 0.557. The molecule has 0 N–H and O–H groups in total. The average molecular weight is 346 g/mol. The van der Waals surface area contributed by atoms with Crippen LogP contribution in [-0.4, -0.2) is 32.3 Å². The molecule has 0 spiro atoms. The summed E-state index contributed by atoms with van der Waals surface area (Å²) in [5.41, 5.74) is 0.329. The molecule has 0 bridgehead atoms. The lowest BCUT2D eigenvalue weighted by Crippen LogP contribution is -2.45. The standard InChI is InChI=1S/C20H26O5/c1-5-24-18(21)20(19(22)25-6-2)13-7-8-17(20)14(3)15-9-11-16(23-4)12-10-15/h9-12,17H,3,5-8,13H2,1-2,4H3. The van der Waals surface area contributed by atoms with E-state index in [9.17, 15) is 9.59 Å². The lowest BCUT2D eigenvalue weighted by Gasteiger charge is -2.32. The van der Waals surface area contributed by atoms with Gasteiger partial charge >= 0.3 is 11.9 Å². The molecule has 25 heavy (non-hydrogen) atoms.